The number of rotatable bonds is 1. The first kappa shape index (κ1) is 8.17. The van der Waals surface area contributed by atoms with E-state index >= 15 is 0 Å². The fourth-order valence-corrected chi connectivity index (χ4v) is 2.04. The van der Waals surface area contributed by atoms with Gasteiger partial charge in [-0.2, -0.15) is 0 Å². The normalized spacial score (nSPS) is 17.1. The van der Waals surface area contributed by atoms with Crippen LogP contribution in [0.25, 0.3) is 4.91 Å². The third-order valence-electron chi connectivity index (χ3n) is 1.61. The molecule has 1 aliphatic rings. The highest BCUT2D eigenvalue weighted by molar-refractivity contribution is 8.04. The van der Waals surface area contributed by atoms with Crippen molar-refractivity contribution in [3.63, 3.8) is 0 Å². The van der Waals surface area contributed by atoms with Crippen molar-refractivity contribution in [2.45, 2.75) is 0 Å². The van der Waals surface area contributed by atoms with Crippen molar-refractivity contribution in [3.05, 3.63) is 40.9 Å². The summed E-state index contributed by atoms with van der Waals surface area (Å²) in [4.78, 5) is 1.04. The molecule has 2 rings (SSSR count). The first-order chi connectivity index (χ1) is 5.88. The van der Waals surface area contributed by atoms with E-state index in [0.717, 1.165) is 15.5 Å². The molecule has 12 heavy (non-hydrogen) atoms. The predicted octanol–water partition coefficient (Wildman–Crippen LogP) is 3.27. The Morgan fingerprint density at radius 1 is 1.25 bits per heavy atom. The zero-order valence-electron chi connectivity index (χ0n) is 6.29. The molecule has 0 saturated heterocycles. The second-order valence-electron chi connectivity index (χ2n) is 2.45. The quantitative estimate of drug-likeness (QED) is 0.641. The van der Waals surface area contributed by atoms with Crippen molar-refractivity contribution in [1.29, 1.82) is 0 Å². The molecule has 0 bridgehead atoms. The Morgan fingerprint density at radius 2 is 2.00 bits per heavy atom. The minimum atomic E-state index is 0.524. The molecule has 0 aliphatic carbocycles. The maximum absolute atomic E-state index is 5.95. The van der Waals surface area contributed by atoms with E-state index < -0.39 is 0 Å². The minimum Gasteiger partial charge on any atom is -0.304 e. The molecule has 1 aliphatic heterocycles. The number of benzene rings is 1. The molecule has 0 N–H and O–H groups in total. The Bertz CT molecular complexity index is 308. The summed E-state index contributed by atoms with van der Waals surface area (Å²) in [6, 6.07) is 10.0. The van der Waals surface area contributed by atoms with Crippen molar-refractivity contribution in [2.75, 3.05) is 6.61 Å². The summed E-state index contributed by atoms with van der Waals surface area (Å²) in [6.07, 6.45) is 0. The molecule has 1 aromatic carbocycles. The highest BCUT2D eigenvalue weighted by Gasteiger charge is 2.15. The molecule has 1 aromatic rings. The molecule has 3 heteroatoms. The van der Waals surface area contributed by atoms with E-state index in [1.807, 2.05) is 30.3 Å². The summed E-state index contributed by atoms with van der Waals surface area (Å²) in [5.41, 5.74) is 1.13. The monoisotopic (exact) mass is 198 g/mol. The van der Waals surface area contributed by atoms with E-state index in [2.05, 4.69) is 0 Å². The summed E-state index contributed by atoms with van der Waals surface area (Å²) < 4.78 is 5.13. The lowest BCUT2D eigenvalue weighted by molar-refractivity contribution is 0.438. The zero-order valence-corrected chi connectivity index (χ0v) is 7.86. The summed E-state index contributed by atoms with van der Waals surface area (Å²) in [5.74, 6) is 0. The van der Waals surface area contributed by atoms with Gasteiger partial charge in [0.1, 0.15) is 0 Å². The van der Waals surface area contributed by atoms with Crippen LogP contribution in [-0.4, -0.2) is 6.61 Å². The van der Waals surface area contributed by atoms with Crippen molar-refractivity contribution >= 4 is 28.5 Å². The molecule has 0 saturated carbocycles. The van der Waals surface area contributed by atoms with Crippen LogP contribution in [0.4, 0.5) is 0 Å². The van der Waals surface area contributed by atoms with Crippen LogP contribution in [0.3, 0.4) is 0 Å². The molecule has 0 radical (unpaired) electrons. The van der Waals surface area contributed by atoms with E-state index in [0.29, 0.717) is 6.61 Å². The fourth-order valence-electron chi connectivity index (χ4n) is 1.05. The maximum Gasteiger partial charge on any atom is 0.0987 e. The van der Waals surface area contributed by atoms with Crippen LogP contribution in [0.5, 0.6) is 0 Å². The van der Waals surface area contributed by atoms with Crippen LogP contribution in [0.1, 0.15) is 5.56 Å². The fraction of sp³-hybridized carbons (Fsp3) is 0.111. The van der Waals surface area contributed by atoms with Crippen molar-refractivity contribution < 1.29 is 4.18 Å². The Morgan fingerprint density at radius 3 is 2.58 bits per heavy atom. The van der Waals surface area contributed by atoms with Crippen molar-refractivity contribution in [2.24, 2.45) is 0 Å². The minimum absolute atomic E-state index is 0.524. The molecule has 0 aromatic heterocycles. The van der Waals surface area contributed by atoms with Gasteiger partial charge in [-0.25, -0.2) is 0 Å². The molecule has 0 spiro atoms. The lowest BCUT2D eigenvalue weighted by Gasteiger charge is -1.98. The van der Waals surface area contributed by atoms with Crippen molar-refractivity contribution in [1.82, 2.24) is 0 Å². The van der Waals surface area contributed by atoms with E-state index in [1.165, 1.54) is 12.0 Å². The molecule has 0 fully saturated rings. The smallest absolute Gasteiger partial charge is 0.0987 e. The molecular formula is C9H7ClOS. The SMILES string of the molecule is ClC1=C(c2ccccc2)SOC1. The molecule has 1 nitrogen and oxygen atoms in total. The highest BCUT2D eigenvalue weighted by Crippen LogP contribution is 2.38. The van der Waals surface area contributed by atoms with Crippen LogP contribution in [0, 0.1) is 0 Å². The topological polar surface area (TPSA) is 9.23 Å². The molecule has 0 unspecified atom stereocenters. The second-order valence-corrected chi connectivity index (χ2v) is 3.71. The van der Waals surface area contributed by atoms with Crippen LogP contribution in [0.15, 0.2) is 35.4 Å². The van der Waals surface area contributed by atoms with Gasteiger partial charge in [-0.15, -0.1) is 0 Å². The van der Waals surface area contributed by atoms with Gasteiger partial charge in [-0.1, -0.05) is 41.9 Å². The Kier molecular flexibility index (Phi) is 2.40. The highest BCUT2D eigenvalue weighted by atomic mass is 35.5. The van der Waals surface area contributed by atoms with Crippen LogP contribution < -0.4 is 0 Å². The Labute approximate surface area is 80.6 Å². The summed E-state index contributed by atoms with van der Waals surface area (Å²) in [7, 11) is 0. The van der Waals surface area contributed by atoms with Gasteiger partial charge < -0.3 is 4.18 Å². The Balaban J connectivity index is 2.37. The standard InChI is InChI=1S/C9H7ClOS/c10-8-6-11-12-9(8)7-4-2-1-3-5-7/h1-5H,6H2. The second kappa shape index (κ2) is 3.52. The van der Waals surface area contributed by atoms with Gasteiger partial charge in [0.2, 0.25) is 0 Å². The number of hydrogen-bond donors (Lipinski definition) is 0. The molecular weight excluding hydrogens is 192 g/mol. The van der Waals surface area contributed by atoms with Crippen molar-refractivity contribution in [3.8, 4) is 0 Å². The molecule has 0 amide bonds. The van der Waals surface area contributed by atoms with E-state index in [9.17, 15) is 0 Å². The third kappa shape index (κ3) is 1.51. The van der Waals surface area contributed by atoms with Crippen LogP contribution in [-0.2, 0) is 4.18 Å². The predicted molar refractivity (Wildman–Crippen MR) is 52.8 cm³/mol. The molecule has 1 heterocycles. The lowest BCUT2D eigenvalue weighted by Crippen LogP contribution is -1.78. The molecule has 62 valence electrons. The van der Waals surface area contributed by atoms with Gasteiger partial charge >= 0.3 is 0 Å². The summed E-state index contributed by atoms with van der Waals surface area (Å²) in [5, 5.41) is 0.797. The van der Waals surface area contributed by atoms with E-state index in [-0.39, 0.29) is 0 Å². The van der Waals surface area contributed by atoms with Gasteiger partial charge in [0.05, 0.1) is 16.5 Å². The van der Waals surface area contributed by atoms with Gasteiger partial charge in [-0.05, 0) is 5.56 Å². The lowest BCUT2D eigenvalue weighted by atomic mass is 10.2. The van der Waals surface area contributed by atoms with Gasteiger partial charge in [0.15, 0.2) is 0 Å². The van der Waals surface area contributed by atoms with Crippen LogP contribution >= 0.6 is 23.6 Å². The number of halogens is 1. The summed E-state index contributed by atoms with van der Waals surface area (Å²) >= 11 is 7.30. The number of hydrogen-bond acceptors (Lipinski definition) is 2. The first-order valence-electron chi connectivity index (χ1n) is 3.61. The molecule has 0 atom stereocenters. The zero-order chi connectivity index (χ0) is 8.39. The maximum atomic E-state index is 5.95. The Hall–Kier alpha value is -0.440. The van der Waals surface area contributed by atoms with E-state index in [4.69, 9.17) is 15.8 Å². The first-order valence-corrected chi connectivity index (χ1v) is 4.73. The largest absolute Gasteiger partial charge is 0.304 e. The average Bonchev–Trinajstić information content (AvgIpc) is 2.53. The van der Waals surface area contributed by atoms with E-state index in [1.54, 1.807) is 0 Å². The van der Waals surface area contributed by atoms with Gasteiger partial charge in [0.25, 0.3) is 0 Å². The third-order valence-corrected chi connectivity index (χ3v) is 2.90. The van der Waals surface area contributed by atoms with Crippen LogP contribution in [0.2, 0.25) is 0 Å². The summed E-state index contributed by atoms with van der Waals surface area (Å²) in [6.45, 7) is 0.524. The van der Waals surface area contributed by atoms with Gasteiger partial charge in [-0.3, -0.25) is 0 Å². The average molecular weight is 199 g/mol. The van der Waals surface area contributed by atoms with Gasteiger partial charge in [0, 0.05) is 12.0 Å².